The van der Waals surface area contributed by atoms with E-state index in [1.807, 2.05) is 11.8 Å². The number of fused-ring (bicyclic) bond motifs is 1. The number of halogens is 1. The second-order valence-corrected chi connectivity index (χ2v) is 6.80. The predicted octanol–water partition coefficient (Wildman–Crippen LogP) is 4.78. The van der Waals surface area contributed by atoms with Gasteiger partial charge in [-0.3, -0.25) is 0 Å². The van der Waals surface area contributed by atoms with Gasteiger partial charge in [-0.05, 0) is 47.3 Å². The maximum atomic E-state index is 3.62. The Labute approximate surface area is 105 Å². The third-order valence-electron chi connectivity index (χ3n) is 3.21. The highest BCUT2D eigenvalue weighted by molar-refractivity contribution is 9.10. The van der Waals surface area contributed by atoms with Gasteiger partial charge in [-0.25, -0.2) is 0 Å². The third-order valence-corrected chi connectivity index (χ3v) is 4.85. The van der Waals surface area contributed by atoms with Crippen LogP contribution in [0.3, 0.4) is 0 Å². The lowest BCUT2D eigenvalue weighted by atomic mass is 9.81. The van der Waals surface area contributed by atoms with Crippen LogP contribution in [0.1, 0.15) is 38.3 Å². The highest BCUT2D eigenvalue weighted by atomic mass is 79.9. The molecule has 0 bridgehead atoms. The summed E-state index contributed by atoms with van der Waals surface area (Å²) in [6.07, 6.45) is 2.41. The molecule has 0 nitrogen and oxygen atoms in total. The van der Waals surface area contributed by atoms with E-state index in [0.29, 0.717) is 5.41 Å². The molecule has 0 radical (unpaired) electrons. The van der Waals surface area contributed by atoms with Gasteiger partial charge < -0.3 is 0 Å². The van der Waals surface area contributed by atoms with Crippen LogP contribution < -0.4 is 0 Å². The molecule has 0 saturated heterocycles. The Hall–Kier alpha value is 0.0500. The fourth-order valence-electron chi connectivity index (χ4n) is 2.13. The van der Waals surface area contributed by atoms with Gasteiger partial charge in [-0.1, -0.05) is 36.7 Å². The minimum Gasteiger partial charge on any atom is -0.126 e. The predicted molar refractivity (Wildman–Crippen MR) is 71.9 cm³/mol. The number of rotatable bonds is 1. The summed E-state index contributed by atoms with van der Waals surface area (Å²) in [6.45, 7) is 6.96. The lowest BCUT2D eigenvalue weighted by molar-refractivity contribution is 0.492. The zero-order valence-corrected chi connectivity index (χ0v) is 12.0. The summed E-state index contributed by atoms with van der Waals surface area (Å²) in [6, 6.07) is 4.58. The first-order valence-corrected chi connectivity index (χ1v) is 7.28. The molecule has 1 aliphatic heterocycles. The minimum absolute atomic E-state index is 0.342. The Morgan fingerprint density at radius 2 is 2.13 bits per heavy atom. The van der Waals surface area contributed by atoms with E-state index in [1.54, 1.807) is 0 Å². The van der Waals surface area contributed by atoms with Crippen LogP contribution in [0.4, 0.5) is 0 Å². The van der Waals surface area contributed by atoms with Crippen LogP contribution in [-0.4, -0.2) is 5.75 Å². The third kappa shape index (κ3) is 2.12. The molecule has 1 heterocycles. The average molecular weight is 285 g/mol. The van der Waals surface area contributed by atoms with Crippen LogP contribution in [0.15, 0.2) is 21.5 Å². The molecule has 1 aliphatic rings. The van der Waals surface area contributed by atoms with Crippen molar-refractivity contribution in [1.82, 2.24) is 0 Å². The molecule has 0 spiro atoms. The van der Waals surface area contributed by atoms with Crippen molar-refractivity contribution in [2.75, 3.05) is 5.75 Å². The quantitative estimate of drug-likeness (QED) is 0.715. The standard InChI is InChI=1S/C13H17BrS/c1-4-9-7-10(14)8-11-12(9)15-6-5-13(11,2)3/h7-8H,4-6H2,1-3H3. The van der Waals surface area contributed by atoms with E-state index in [0.717, 1.165) is 6.42 Å². The molecular weight excluding hydrogens is 268 g/mol. The normalized spacial score (nSPS) is 18.7. The Bertz CT molecular complexity index is 382. The van der Waals surface area contributed by atoms with Gasteiger partial charge in [0.05, 0.1) is 0 Å². The lowest BCUT2D eigenvalue weighted by Gasteiger charge is -2.33. The van der Waals surface area contributed by atoms with Crippen LogP contribution in [0.5, 0.6) is 0 Å². The van der Waals surface area contributed by atoms with Crippen LogP contribution in [0, 0.1) is 0 Å². The second kappa shape index (κ2) is 4.14. The van der Waals surface area contributed by atoms with E-state index in [4.69, 9.17) is 0 Å². The van der Waals surface area contributed by atoms with E-state index < -0.39 is 0 Å². The molecule has 15 heavy (non-hydrogen) atoms. The Kier molecular flexibility index (Phi) is 3.18. The van der Waals surface area contributed by atoms with Crippen LogP contribution >= 0.6 is 27.7 Å². The highest BCUT2D eigenvalue weighted by Gasteiger charge is 2.29. The molecule has 1 aromatic carbocycles. The number of benzene rings is 1. The van der Waals surface area contributed by atoms with Gasteiger partial charge in [0.25, 0.3) is 0 Å². The summed E-state index contributed by atoms with van der Waals surface area (Å²) in [7, 11) is 0. The van der Waals surface area contributed by atoms with E-state index in [9.17, 15) is 0 Å². The minimum atomic E-state index is 0.342. The molecule has 82 valence electrons. The van der Waals surface area contributed by atoms with Crippen molar-refractivity contribution in [2.24, 2.45) is 0 Å². The van der Waals surface area contributed by atoms with Gasteiger partial charge in [0.15, 0.2) is 0 Å². The summed E-state index contributed by atoms with van der Waals surface area (Å²) in [4.78, 5) is 1.54. The van der Waals surface area contributed by atoms with Crippen molar-refractivity contribution in [3.8, 4) is 0 Å². The Balaban J connectivity index is 2.61. The van der Waals surface area contributed by atoms with Crippen LogP contribution in [-0.2, 0) is 11.8 Å². The fourth-order valence-corrected chi connectivity index (χ4v) is 4.33. The van der Waals surface area contributed by atoms with E-state index in [1.165, 1.54) is 32.7 Å². The SMILES string of the molecule is CCc1cc(Br)cc2c1SCCC2(C)C. The summed E-state index contributed by atoms with van der Waals surface area (Å²) in [5.74, 6) is 1.26. The summed E-state index contributed by atoms with van der Waals surface area (Å²) < 4.78 is 1.23. The maximum absolute atomic E-state index is 3.62. The molecule has 2 heteroatoms. The van der Waals surface area contributed by atoms with Gasteiger partial charge in [0, 0.05) is 9.37 Å². The zero-order chi connectivity index (χ0) is 11.1. The number of hydrogen-bond acceptors (Lipinski definition) is 1. The molecule has 0 saturated carbocycles. The fraction of sp³-hybridized carbons (Fsp3) is 0.538. The first-order valence-electron chi connectivity index (χ1n) is 5.50. The summed E-state index contributed by atoms with van der Waals surface area (Å²) in [5.41, 5.74) is 3.37. The molecule has 0 unspecified atom stereocenters. The van der Waals surface area contributed by atoms with Crippen LogP contribution in [0.25, 0.3) is 0 Å². The molecule has 2 rings (SSSR count). The molecule has 0 aliphatic carbocycles. The van der Waals surface area contributed by atoms with Gasteiger partial charge in [0.1, 0.15) is 0 Å². The van der Waals surface area contributed by atoms with Crippen molar-refractivity contribution >= 4 is 27.7 Å². The van der Waals surface area contributed by atoms with Crippen LogP contribution in [0.2, 0.25) is 0 Å². The molecule has 1 aromatic rings. The van der Waals surface area contributed by atoms with E-state index >= 15 is 0 Å². The summed E-state index contributed by atoms with van der Waals surface area (Å²) >= 11 is 5.65. The van der Waals surface area contributed by atoms with Crippen molar-refractivity contribution < 1.29 is 0 Å². The molecule has 0 N–H and O–H groups in total. The monoisotopic (exact) mass is 284 g/mol. The topological polar surface area (TPSA) is 0 Å². The maximum Gasteiger partial charge on any atom is 0.0181 e. The van der Waals surface area contributed by atoms with E-state index in [-0.39, 0.29) is 0 Å². The number of thioether (sulfide) groups is 1. The zero-order valence-electron chi connectivity index (χ0n) is 9.56. The van der Waals surface area contributed by atoms with E-state index in [2.05, 4.69) is 48.8 Å². The average Bonchev–Trinajstić information content (AvgIpc) is 2.18. The highest BCUT2D eigenvalue weighted by Crippen LogP contribution is 2.44. The second-order valence-electron chi connectivity index (χ2n) is 4.78. The van der Waals surface area contributed by atoms with Gasteiger partial charge in [0.2, 0.25) is 0 Å². The van der Waals surface area contributed by atoms with Gasteiger partial charge >= 0.3 is 0 Å². The number of aryl methyl sites for hydroxylation is 1. The lowest BCUT2D eigenvalue weighted by Crippen LogP contribution is -2.23. The molecule has 0 atom stereocenters. The summed E-state index contributed by atoms with van der Waals surface area (Å²) in [5, 5.41) is 0. The van der Waals surface area contributed by atoms with Crippen molar-refractivity contribution in [3.05, 3.63) is 27.7 Å². The van der Waals surface area contributed by atoms with Crippen molar-refractivity contribution in [2.45, 2.75) is 43.9 Å². The molecular formula is C13H17BrS. The van der Waals surface area contributed by atoms with Gasteiger partial charge in [-0.2, -0.15) is 0 Å². The molecule has 0 aromatic heterocycles. The number of hydrogen-bond donors (Lipinski definition) is 0. The molecule has 0 amide bonds. The Morgan fingerprint density at radius 3 is 2.80 bits per heavy atom. The van der Waals surface area contributed by atoms with Crippen molar-refractivity contribution in [1.29, 1.82) is 0 Å². The van der Waals surface area contributed by atoms with Crippen molar-refractivity contribution in [3.63, 3.8) is 0 Å². The largest absolute Gasteiger partial charge is 0.126 e. The van der Waals surface area contributed by atoms with Gasteiger partial charge in [-0.15, -0.1) is 11.8 Å². The smallest absolute Gasteiger partial charge is 0.0181 e. The first-order chi connectivity index (χ1) is 7.04. The Morgan fingerprint density at radius 1 is 1.40 bits per heavy atom. The first kappa shape index (κ1) is 11.5. The molecule has 0 fully saturated rings.